The van der Waals surface area contributed by atoms with Crippen molar-refractivity contribution in [1.29, 1.82) is 0 Å². The Morgan fingerprint density at radius 2 is 1.67 bits per heavy atom. The third-order valence-electron chi connectivity index (χ3n) is 5.13. The Labute approximate surface area is 173 Å². The van der Waals surface area contributed by atoms with E-state index in [2.05, 4.69) is 10.4 Å². The molecule has 2 heterocycles. The topological polar surface area (TPSA) is 67.2 Å². The summed E-state index contributed by atoms with van der Waals surface area (Å²) in [5.74, 6) is -0.599. The lowest BCUT2D eigenvalue weighted by molar-refractivity contribution is -0.121. The zero-order valence-corrected chi connectivity index (χ0v) is 16.0. The van der Waals surface area contributed by atoms with Crippen molar-refractivity contribution in [3.8, 4) is 0 Å². The Balaban J connectivity index is 1.56. The van der Waals surface area contributed by atoms with Gasteiger partial charge >= 0.3 is 0 Å². The van der Waals surface area contributed by atoms with Crippen LogP contribution in [0.1, 0.15) is 11.7 Å². The number of hydrogen-bond donors (Lipinski definition) is 1. The fourth-order valence-electron chi connectivity index (χ4n) is 3.73. The first-order chi connectivity index (χ1) is 14.7. The number of anilines is 2. The number of aromatic nitrogens is 2. The van der Waals surface area contributed by atoms with E-state index in [0.717, 1.165) is 10.8 Å². The summed E-state index contributed by atoms with van der Waals surface area (Å²) in [5.41, 5.74) is 1.92. The van der Waals surface area contributed by atoms with Gasteiger partial charge in [-0.25, -0.2) is 4.68 Å². The third kappa shape index (κ3) is 3.14. The number of nitrogens with one attached hydrogen (secondary N) is 1. The molecule has 6 nitrogen and oxygen atoms in total. The van der Waals surface area contributed by atoms with Gasteiger partial charge in [0.15, 0.2) is 6.04 Å². The monoisotopic (exact) mass is 394 g/mol. The van der Waals surface area contributed by atoms with Gasteiger partial charge in [0.05, 0.1) is 5.69 Å². The van der Waals surface area contributed by atoms with E-state index in [1.165, 1.54) is 11.0 Å². The minimum Gasteiger partial charge on any atom is -0.324 e. The van der Waals surface area contributed by atoms with Gasteiger partial charge in [0, 0.05) is 29.8 Å². The number of hydrogen-bond acceptors (Lipinski definition) is 3. The highest BCUT2D eigenvalue weighted by Crippen LogP contribution is 2.31. The predicted molar refractivity (Wildman–Crippen MR) is 117 cm³/mol. The average Bonchev–Trinajstić information content (AvgIpc) is 3.19. The molecule has 0 fully saturated rings. The van der Waals surface area contributed by atoms with Crippen LogP contribution in [0.2, 0.25) is 0 Å². The molecule has 1 atom stereocenters. The predicted octanol–water partition coefficient (Wildman–Crippen LogP) is 4.23. The largest absolute Gasteiger partial charge is 0.324 e. The number of fused-ring (bicyclic) bond motifs is 2. The van der Waals surface area contributed by atoms with Crippen LogP contribution in [0.5, 0.6) is 0 Å². The maximum Gasteiger partial charge on any atom is 0.253 e. The third-order valence-corrected chi connectivity index (χ3v) is 5.13. The molecule has 1 aromatic heterocycles. The Morgan fingerprint density at radius 3 is 2.50 bits per heavy atom. The van der Waals surface area contributed by atoms with Gasteiger partial charge < -0.3 is 5.32 Å². The number of nitrogens with zero attached hydrogens (tertiary/aromatic N) is 3. The number of benzene rings is 3. The Kier molecular flexibility index (Phi) is 4.37. The van der Waals surface area contributed by atoms with Gasteiger partial charge in [-0.2, -0.15) is 5.10 Å². The molecule has 3 aromatic carbocycles. The van der Waals surface area contributed by atoms with Gasteiger partial charge in [-0.1, -0.05) is 48.5 Å². The Bertz CT molecular complexity index is 1280. The number of rotatable bonds is 3. The first-order valence-electron chi connectivity index (χ1n) is 9.60. The van der Waals surface area contributed by atoms with Crippen LogP contribution < -0.4 is 10.2 Å². The molecule has 6 heteroatoms. The van der Waals surface area contributed by atoms with Crippen molar-refractivity contribution in [3.63, 3.8) is 0 Å². The number of carbonyl (C=O) groups excluding carboxylic acids is 2. The van der Waals surface area contributed by atoms with E-state index >= 15 is 0 Å². The fourth-order valence-corrected chi connectivity index (χ4v) is 3.73. The zero-order chi connectivity index (χ0) is 20.5. The molecule has 0 bridgehead atoms. The van der Waals surface area contributed by atoms with E-state index in [1.807, 2.05) is 72.8 Å². The fraction of sp³-hybridized carbons (Fsp3) is 0.0417. The smallest absolute Gasteiger partial charge is 0.253 e. The molecule has 1 unspecified atom stereocenters. The molecular formula is C24H18N4O2. The molecule has 0 spiro atoms. The van der Waals surface area contributed by atoms with Crippen LogP contribution in [0.25, 0.3) is 17.0 Å². The molecule has 30 heavy (non-hydrogen) atoms. The van der Waals surface area contributed by atoms with Crippen LogP contribution in [0.3, 0.4) is 0 Å². The van der Waals surface area contributed by atoms with E-state index in [0.29, 0.717) is 17.1 Å². The minimum absolute atomic E-state index is 0.287. The molecule has 0 saturated heterocycles. The average molecular weight is 394 g/mol. The molecule has 1 aliphatic rings. The summed E-state index contributed by atoms with van der Waals surface area (Å²) in [6.45, 7) is 0. The van der Waals surface area contributed by atoms with Crippen molar-refractivity contribution in [3.05, 3.63) is 96.8 Å². The number of para-hydroxylation sites is 1. The standard InChI is InChI=1S/C24H18N4O2/c29-22-13-15-27-21(12-14-25-27)23(28(22)20-8-2-1-3-9-20)24(30)26-19-11-10-17-6-4-5-7-18(17)16-19/h1-16,23H,(H,26,30). The van der Waals surface area contributed by atoms with Crippen LogP contribution >= 0.6 is 0 Å². The molecule has 0 saturated carbocycles. The molecular weight excluding hydrogens is 376 g/mol. The summed E-state index contributed by atoms with van der Waals surface area (Å²) in [6.07, 6.45) is 4.62. The summed E-state index contributed by atoms with van der Waals surface area (Å²) in [4.78, 5) is 27.9. The first-order valence-corrected chi connectivity index (χ1v) is 9.60. The summed E-state index contributed by atoms with van der Waals surface area (Å²) in [6, 6.07) is 23.8. The maximum absolute atomic E-state index is 13.5. The Morgan fingerprint density at radius 1 is 0.900 bits per heavy atom. The highest BCUT2D eigenvalue weighted by molar-refractivity contribution is 6.10. The molecule has 0 radical (unpaired) electrons. The van der Waals surface area contributed by atoms with Crippen LogP contribution in [0.15, 0.2) is 91.1 Å². The second-order valence-corrected chi connectivity index (χ2v) is 7.01. The highest BCUT2D eigenvalue weighted by atomic mass is 16.2. The van der Waals surface area contributed by atoms with Crippen LogP contribution in [0.4, 0.5) is 11.4 Å². The first kappa shape index (κ1) is 17.9. The molecule has 1 aliphatic heterocycles. The van der Waals surface area contributed by atoms with Crippen LogP contribution in [0, 0.1) is 0 Å². The van der Waals surface area contributed by atoms with Crippen molar-refractivity contribution >= 4 is 40.2 Å². The normalized spacial score (nSPS) is 15.7. The number of carbonyl (C=O) groups is 2. The molecule has 2 amide bonds. The van der Waals surface area contributed by atoms with Crippen LogP contribution in [-0.2, 0) is 9.59 Å². The lowest BCUT2D eigenvalue weighted by Crippen LogP contribution is -2.40. The number of amides is 2. The maximum atomic E-state index is 13.5. The van der Waals surface area contributed by atoms with E-state index in [9.17, 15) is 9.59 Å². The van der Waals surface area contributed by atoms with Gasteiger partial charge in [0.25, 0.3) is 11.8 Å². The van der Waals surface area contributed by atoms with Gasteiger partial charge in [0.1, 0.15) is 0 Å². The molecule has 146 valence electrons. The van der Waals surface area contributed by atoms with Crippen LogP contribution in [-0.4, -0.2) is 21.6 Å². The minimum atomic E-state index is -0.871. The summed E-state index contributed by atoms with van der Waals surface area (Å²) < 4.78 is 1.56. The van der Waals surface area contributed by atoms with Gasteiger partial charge in [-0.15, -0.1) is 0 Å². The second-order valence-electron chi connectivity index (χ2n) is 7.01. The van der Waals surface area contributed by atoms with Crippen molar-refractivity contribution in [2.45, 2.75) is 6.04 Å². The highest BCUT2D eigenvalue weighted by Gasteiger charge is 2.35. The summed E-state index contributed by atoms with van der Waals surface area (Å²) in [5, 5.41) is 9.33. The lowest BCUT2D eigenvalue weighted by atomic mass is 10.1. The van der Waals surface area contributed by atoms with Gasteiger partial charge in [-0.05, 0) is 41.1 Å². The lowest BCUT2D eigenvalue weighted by Gasteiger charge is -2.29. The van der Waals surface area contributed by atoms with Crippen molar-refractivity contribution in [2.24, 2.45) is 0 Å². The van der Waals surface area contributed by atoms with Crippen molar-refractivity contribution in [1.82, 2.24) is 9.78 Å². The second kappa shape index (κ2) is 7.33. The van der Waals surface area contributed by atoms with Gasteiger partial charge in [-0.3, -0.25) is 14.5 Å². The molecule has 4 aromatic rings. The van der Waals surface area contributed by atoms with E-state index < -0.39 is 6.04 Å². The van der Waals surface area contributed by atoms with Crippen molar-refractivity contribution in [2.75, 3.05) is 10.2 Å². The van der Waals surface area contributed by atoms with E-state index in [-0.39, 0.29) is 11.8 Å². The van der Waals surface area contributed by atoms with Crippen molar-refractivity contribution < 1.29 is 9.59 Å². The molecule has 5 rings (SSSR count). The molecule has 0 aliphatic carbocycles. The molecule has 1 N–H and O–H groups in total. The van der Waals surface area contributed by atoms with E-state index in [1.54, 1.807) is 23.1 Å². The SMILES string of the molecule is O=C(Nc1ccc2ccccc2c1)C1c2ccnn2C=CC(=O)N1c1ccccc1. The zero-order valence-electron chi connectivity index (χ0n) is 16.0. The quantitative estimate of drug-likeness (QED) is 0.565. The van der Waals surface area contributed by atoms with Gasteiger partial charge in [0.2, 0.25) is 0 Å². The summed E-state index contributed by atoms with van der Waals surface area (Å²) in [7, 11) is 0. The summed E-state index contributed by atoms with van der Waals surface area (Å²) >= 11 is 0. The van der Waals surface area contributed by atoms with E-state index in [4.69, 9.17) is 0 Å². The Hall–Kier alpha value is -4.19.